The third-order valence-electron chi connectivity index (χ3n) is 8.69. The van der Waals surface area contributed by atoms with E-state index in [0.29, 0.717) is 48.6 Å². The first kappa shape index (κ1) is 26.3. The van der Waals surface area contributed by atoms with Crippen LogP contribution in [0.5, 0.6) is 11.5 Å². The van der Waals surface area contributed by atoms with Crippen molar-refractivity contribution in [2.45, 2.75) is 63.4 Å². The number of nitrogens with zero attached hydrogens (tertiary/aromatic N) is 1. The first-order chi connectivity index (χ1) is 20.5. The monoisotopic (exact) mass is 559 g/mol. The molecule has 4 aromatic carbocycles. The van der Waals surface area contributed by atoms with Crippen LogP contribution in [0.15, 0.2) is 97.1 Å². The van der Waals surface area contributed by atoms with Crippen LogP contribution in [-0.4, -0.2) is 23.7 Å². The fourth-order valence-electron chi connectivity index (χ4n) is 6.70. The lowest BCUT2D eigenvalue weighted by Crippen LogP contribution is -2.60. The first-order valence-corrected chi connectivity index (χ1v) is 14.7. The van der Waals surface area contributed by atoms with Gasteiger partial charge >= 0.3 is 5.97 Å². The van der Waals surface area contributed by atoms with Crippen LogP contribution in [0.3, 0.4) is 0 Å². The summed E-state index contributed by atoms with van der Waals surface area (Å²) in [6.07, 6.45) is 3.24. The minimum Gasteiger partial charge on any atom is -0.485 e. The summed E-state index contributed by atoms with van der Waals surface area (Å²) in [6.45, 7) is 2.36. The normalized spacial score (nSPS) is 22.4. The van der Waals surface area contributed by atoms with Crippen molar-refractivity contribution >= 4 is 17.6 Å². The van der Waals surface area contributed by atoms with Gasteiger partial charge in [-0.1, -0.05) is 72.8 Å². The highest BCUT2D eigenvalue weighted by Gasteiger charge is 2.50. The van der Waals surface area contributed by atoms with E-state index in [-0.39, 0.29) is 23.9 Å². The third-order valence-corrected chi connectivity index (χ3v) is 8.69. The number of amides is 1. The molecule has 7 rings (SSSR count). The fraction of sp³-hybridized carbons (Fsp3) is 0.278. The Hall–Kier alpha value is -4.58. The number of anilines is 1. The standard InChI is InChI=1S/C36H33NO5/c1-36-22-28(31-15-8-16-32(34(31)42-36)40-23-24-9-3-2-4-10-24)21-33(38)37(36)29-14-7-13-27(19-29)35(39)41-30-18-17-25-11-5-6-12-26(25)20-30/h2-16,19,28,30H,17-18,20-23H2,1H3. The van der Waals surface area contributed by atoms with E-state index in [2.05, 4.69) is 18.2 Å². The summed E-state index contributed by atoms with van der Waals surface area (Å²) in [7, 11) is 0. The van der Waals surface area contributed by atoms with Crippen LogP contribution in [0, 0.1) is 0 Å². The van der Waals surface area contributed by atoms with Gasteiger partial charge in [-0.2, -0.15) is 0 Å². The van der Waals surface area contributed by atoms with Crippen LogP contribution < -0.4 is 14.4 Å². The van der Waals surface area contributed by atoms with E-state index < -0.39 is 5.72 Å². The van der Waals surface area contributed by atoms with Gasteiger partial charge in [-0.05, 0) is 60.7 Å². The Labute approximate surface area is 245 Å². The lowest BCUT2D eigenvalue weighted by atomic mass is 9.80. The van der Waals surface area contributed by atoms with Gasteiger partial charge in [0, 0.05) is 36.4 Å². The Morgan fingerprint density at radius 2 is 1.71 bits per heavy atom. The van der Waals surface area contributed by atoms with Gasteiger partial charge in [0.2, 0.25) is 5.91 Å². The Balaban J connectivity index is 1.12. The maximum Gasteiger partial charge on any atom is 0.338 e. The zero-order valence-electron chi connectivity index (χ0n) is 23.6. The van der Waals surface area contributed by atoms with Gasteiger partial charge in [0.15, 0.2) is 17.2 Å². The summed E-state index contributed by atoms with van der Waals surface area (Å²) < 4.78 is 18.8. The molecule has 212 valence electrons. The van der Waals surface area contributed by atoms with Gasteiger partial charge in [0.05, 0.1) is 5.56 Å². The van der Waals surface area contributed by atoms with Crippen molar-refractivity contribution in [1.29, 1.82) is 0 Å². The minimum atomic E-state index is -0.936. The summed E-state index contributed by atoms with van der Waals surface area (Å²) in [5.41, 5.74) is 4.73. The molecule has 3 atom stereocenters. The molecular weight excluding hydrogens is 526 g/mol. The number of rotatable bonds is 6. The highest BCUT2D eigenvalue weighted by atomic mass is 16.6. The summed E-state index contributed by atoms with van der Waals surface area (Å²) >= 11 is 0. The quantitative estimate of drug-likeness (QED) is 0.238. The summed E-state index contributed by atoms with van der Waals surface area (Å²) in [5.74, 6) is 0.945. The first-order valence-electron chi connectivity index (χ1n) is 14.7. The van der Waals surface area contributed by atoms with Crippen molar-refractivity contribution in [3.8, 4) is 11.5 Å². The molecule has 3 aliphatic rings. The molecule has 0 saturated carbocycles. The molecule has 0 N–H and O–H groups in total. The predicted molar refractivity (Wildman–Crippen MR) is 160 cm³/mol. The molecule has 4 aromatic rings. The van der Waals surface area contributed by atoms with Crippen molar-refractivity contribution < 1.29 is 23.8 Å². The van der Waals surface area contributed by atoms with E-state index in [1.807, 2.05) is 67.6 Å². The molecule has 0 spiro atoms. The Kier molecular flexibility index (Phi) is 6.69. The molecule has 42 heavy (non-hydrogen) atoms. The zero-order chi connectivity index (χ0) is 28.7. The number of esters is 1. The molecule has 2 aliphatic heterocycles. The van der Waals surface area contributed by atoms with Gasteiger partial charge in [0.25, 0.3) is 0 Å². The van der Waals surface area contributed by atoms with E-state index in [4.69, 9.17) is 14.2 Å². The molecule has 1 fully saturated rings. The van der Waals surface area contributed by atoms with Crippen molar-refractivity contribution in [3.63, 3.8) is 0 Å². The Morgan fingerprint density at radius 3 is 2.57 bits per heavy atom. The van der Waals surface area contributed by atoms with E-state index >= 15 is 0 Å². The number of fused-ring (bicyclic) bond motifs is 5. The van der Waals surface area contributed by atoms with Crippen molar-refractivity contribution in [1.82, 2.24) is 0 Å². The Bertz CT molecular complexity index is 1650. The van der Waals surface area contributed by atoms with Gasteiger partial charge in [-0.3, -0.25) is 9.69 Å². The highest BCUT2D eigenvalue weighted by molar-refractivity contribution is 5.98. The van der Waals surface area contributed by atoms with Crippen molar-refractivity contribution in [2.24, 2.45) is 0 Å². The second kappa shape index (κ2) is 10.7. The number of aryl methyl sites for hydroxylation is 1. The number of carbonyl (C=O) groups excluding carboxylic acids is 2. The number of hydrogen-bond acceptors (Lipinski definition) is 5. The lowest BCUT2D eigenvalue weighted by Gasteiger charge is -2.50. The van der Waals surface area contributed by atoms with E-state index in [0.717, 1.165) is 24.0 Å². The maximum atomic E-state index is 13.6. The average Bonchev–Trinajstić information content (AvgIpc) is 3.00. The number of para-hydroxylation sites is 1. The third kappa shape index (κ3) is 4.91. The number of hydrogen-bond donors (Lipinski definition) is 0. The topological polar surface area (TPSA) is 65.1 Å². The average molecular weight is 560 g/mol. The van der Waals surface area contributed by atoms with Crippen LogP contribution in [0.1, 0.15) is 64.7 Å². The zero-order valence-corrected chi connectivity index (χ0v) is 23.6. The van der Waals surface area contributed by atoms with E-state index in [1.165, 1.54) is 11.1 Å². The van der Waals surface area contributed by atoms with E-state index in [9.17, 15) is 9.59 Å². The SMILES string of the molecule is CC12CC(CC(=O)N1c1cccc(C(=O)OC3CCc4ccccc4C3)c1)c1cccc(OCc3ccccc3)c1O2. The van der Waals surface area contributed by atoms with Gasteiger partial charge in [-0.15, -0.1) is 0 Å². The van der Waals surface area contributed by atoms with Crippen LogP contribution in [-0.2, 0) is 29.0 Å². The molecule has 1 amide bonds. The molecule has 3 unspecified atom stereocenters. The van der Waals surface area contributed by atoms with Crippen molar-refractivity contribution in [2.75, 3.05) is 4.90 Å². The molecule has 0 aromatic heterocycles. The van der Waals surface area contributed by atoms with E-state index in [1.54, 1.807) is 23.1 Å². The van der Waals surface area contributed by atoms with Gasteiger partial charge < -0.3 is 14.2 Å². The summed E-state index contributed by atoms with van der Waals surface area (Å²) in [5, 5.41) is 0. The fourth-order valence-corrected chi connectivity index (χ4v) is 6.70. The Morgan fingerprint density at radius 1 is 0.929 bits per heavy atom. The molecule has 6 heteroatoms. The van der Waals surface area contributed by atoms with Gasteiger partial charge in [0.1, 0.15) is 12.7 Å². The van der Waals surface area contributed by atoms with Crippen LogP contribution >= 0.6 is 0 Å². The largest absolute Gasteiger partial charge is 0.485 e. The van der Waals surface area contributed by atoms with Gasteiger partial charge in [-0.25, -0.2) is 4.79 Å². The molecule has 1 saturated heterocycles. The molecule has 6 nitrogen and oxygen atoms in total. The number of piperidine rings is 1. The second-order valence-corrected chi connectivity index (χ2v) is 11.6. The van der Waals surface area contributed by atoms with Crippen LogP contribution in [0.2, 0.25) is 0 Å². The smallest absolute Gasteiger partial charge is 0.338 e. The number of ether oxygens (including phenoxy) is 3. The summed E-state index contributed by atoms with van der Waals surface area (Å²) in [6, 6.07) is 31.4. The van der Waals surface area contributed by atoms with Crippen molar-refractivity contribution in [3.05, 3.63) is 125 Å². The number of carbonyl (C=O) groups is 2. The minimum absolute atomic E-state index is 0.0186. The molecule has 2 heterocycles. The van der Waals surface area contributed by atoms with Crippen LogP contribution in [0.25, 0.3) is 0 Å². The predicted octanol–water partition coefficient (Wildman–Crippen LogP) is 7.00. The summed E-state index contributed by atoms with van der Waals surface area (Å²) in [4.78, 5) is 28.6. The highest BCUT2D eigenvalue weighted by Crippen LogP contribution is 2.52. The molecule has 2 bridgehead atoms. The molecular formula is C36H33NO5. The maximum absolute atomic E-state index is 13.6. The molecule has 1 aliphatic carbocycles. The molecule has 0 radical (unpaired) electrons. The second-order valence-electron chi connectivity index (χ2n) is 11.6. The number of benzene rings is 4. The van der Waals surface area contributed by atoms with Crippen LogP contribution in [0.4, 0.5) is 5.69 Å². The lowest BCUT2D eigenvalue weighted by molar-refractivity contribution is -0.127.